The Hall–Kier alpha value is -0.750. The molecule has 5 heteroatoms. The van der Waals surface area contributed by atoms with Gasteiger partial charge in [0.1, 0.15) is 5.01 Å². The molecule has 96 valence electrons. The molecule has 1 aliphatic heterocycles. The highest BCUT2D eigenvalue weighted by atomic mass is 32.1. The van der Waals surface area contributed by atoms with E-state index in [1.54, 1.807) is 11.3 Å². The minimum absolute atomic E-state index is 0.353. The Morgan fingerprint density at radius 2 is 2.17 bits per heavy atom. The highest BCUT2D eigenvalue weighted by Crippen LogP contribution is 2.33. The fraction of sp³-hybridized carbons (Fsp3) is 0.462. The summed E-state index contributed by atoms with van der Waals surface area (Å²) >= 11 is 3.62. The van der Waals surface area contributed by atoms with Crippen LogP contribution in [0.3, 0.4) is 0 Å². The van der Waals surface area contributed by atoms with Gasteiger partial charge in [0.15, 0.2) is 0 Å². The first-order valence-electron chi connectivity index (χ1n) is 6.25. The van der Waals surface area contributed by atoms with Gasteiger partial charge in [-0.3, -0.25) is 4.90 Å². The first-order valence-corrected chi connectivity index (χ1v) is 8.01. The molecule has 1 fully saturated rings. The number of nitrogens with zero attached hydrogens (tertiary/aromatic N) is 2. The molecule has 0 radical (unpaired) electrons. The maximum Gasteiger partial charge on any atom is 0.115 e. The second kappa shape index (κ2) is 5.48. The third kappa shape index (κ3) is 2.49. The number of piperazine rings is 1. The number of rotatable bonds is 3. The molecule has 0 spiro atoms. The molecular weight excluding hydrogens is 262 g/mol. The number of nitrogens with one attached hydrogen (secondary N) is 1. The molecule has 2 aromatic heterocycles. The fourth-order valence-corrected chi connectivity index (χ4v) is 4.22. The predicted molar refractivity (Wildman–Crippen MR) is 77.5 cm³/mol. The summed E-state index contributed by atoms with van der Waals surface area (Å²) in [5, 5.41) is 8.96. The molecule has 1 unspecified atom stereocenters. The number of thiazole rings is 1. The van der Waals surface area contributed by atoms with Crippen LogP contribution in [0.4, 0.5) is 0 Å². The molecule has 3 nitrogen and oxygen atoms in total. The summed E-state index contributed by atoms with van der Waals surface area (Å²) in [7, 11) is 0. The van der Waals surface area contributed by atoms with Gasteiger partial charge in [-0.05, 0) is 18.4 Å². The molecule has 3 rings (SSSR count). The average molecular weight is 279 g/mol. The van der Waals surface area contributed by atoms with E-state index >= 15 is 0 Å². The SMILES string of the molecule is Cc1csc(C(c2cccs2)N2CCNCC2)n1. The van der Waals surface area contributed by atoms with Crippen molar-refractivity contribution in [2.75, 3.05) is 26.2 Å². The lowest BCUT2D eigenvalue weighted by molar-refractivity contribution is 0.200. The minimum atomic E-state index is 0.353. The van der Waals surface area contributed by atoms with Crippen molar-refractivity contribution in [3.05, 3.63) is 38.5 Å². The topological polar surface area (TPSA) is 28.2 Å². The van der Waals surface area contributed by atoms with Crippen LogP contribution in [0.1, 0.15) is 21.6 Å². The van der Waals surface area contributed by atoms with Crippen LogP contribution < -0.4 is 5.32 Å². The van der Waals surface area contributed by atoms with Gasteiger partial charge in [0, 0.05) is 42.1 Å². The Morgan fingerprint density at radius 3 is 2.78 bits per heavy atom. The van der Waals surface area contributed by atoms with Crippen LogP contribution >= 0.6 is 22.7 Å². The van der Waals surface area contributed by atoms with Crippen LogP contribution in [0.2, 0.25) is 0 Å². The summed E-state index contributed by atoms with van der Waals surface area (Å²) in [6, 6.07) is 4.72. The van der Waals surface area contributed by atoms with E-state index < -0.39 is 0 Å². The summed E-state index contributed by atoms with van der Waals surface area (Å²) < 4.78 is 0. The van der Waals surface area contributed by atoms with Crippen molar-refractivity contribution in [1.82, 2.24) is 15.2 Å². The van der Waals surface area contributed by atoms with Crippen molar-refractivity contribution in [2.45, 2.75) is 13.0 Å². The van der Waals surface area contributed by atoms with Crippen LogP contribution in [0.5, 0.6) is 0 Å². The van der Waals surface area contributed by atoms with E-state index in [-0.39, 0.29) is 0 Å². The third-order valence-electron chi connectivity index (χ3n) is 3.20. The van der Waals surface area contributed by atoms with E-state index in [0.717, 1.165) is 31.9 Å². The number of hydrogen-bond donors (Lipinski definition) is 1. The molecule has 18 heavy (non-hydrogen) atoms. The van der Waals surface area contributed by atoms with Crippen molar-refractivity contribution < 1.29 is 0 Å². The maximum atomic E-state index is 4.71. The Labute approximate surface area is 115 Å². The van der Waals surface area contributed by atoms with E-state index in [9.17, 15) is 0 Å². The first-order chi connectivity index (χ1) is 8.84. The fourth-order valence-electron chi connectivity index (χ4n) is 2.34. The Balaban J connectivity index is 1.92. The van der Waals surface area contributed by atoms with Gasteiger partial charge in [-0.25, -0.2) is 4.98 Å². The van der Waals surface area contributed by atoms with Gasteiger partial charge < -0.3 is 5.32 Å². The van der Waals surface area contributed by atoms with E-state index in [1.165, 1.54) is 9.88 Å². The largest absolute Gasteiger partial charge is 0.314 e. The monoisotopic (exact) mass is 279 g/mol. The zero-order valence-electron chi connectivity index (χ0n) is 10.4. The van der Waals surface area contributed by atoms with E-state index in [0.29, 0.717) is 6.04 Å². The first kappa shape index (κ1) is 12.3. The van der Waals surface area contributed by atoms with Crippen molar-refractivity contribution >= 4 is 22.7 Å². The second-order valence-corrected chi connectivity index (χ2v) is 6.40. The lowest BCUT2D eigenvalue weighted by Crippen LogP contribution is -2.45. The average Bonchev–Trinajstić information content (AvgIpc) is 3.04. The molecule has 0 aliphatic carbocycles. The standard InChI is InChI=1S/C13H17N3S2/c1-10-9-18-13(15-10)12(11-3-2-8-17-11)16-6-4-14-5-7-16/h2-3,8-9,12,14H,4-7H2,1H3. The third-order valence-corrected chi connectivity index (χ3v) is 5.14. The molecule has 0 amide bonds. The second-order valence-electron chi connectivity index (χ2n) is 4.53. The van der Waals surface area contributed by atoms with Crippen LogP contribution in [0.15, 0.2) is 22.9 Å². The molecule has 3 heterocycles. The quantitative estimate of drug-likeness (QED) is 0.936. The molecular formula is C13H17N3S2. The van der Waals surface area contributed by atoms with Gasteiger partial charge in [-0.15, -0.1) is 22.7 Å². The minimum Gasteiger partial charge on any atom is -0.314 e. The van der Waals surface area contributed by atoms with Gasteiger partial charge in [0.2, 0.25) is 0 Å². The van der Waals surface area contributed by atoms with Gasteiger partial charge in [-0.2, -0.15) is 0 Å². The molecule has 1 atom stereocenters. The summed E-state index contributed by atoms with van der Waals surface area (Å²) in [6.45, 7) is 6.42. The maximum absolute atomic E-state index is 4.71. The lowest BCUT2D eigenvalue weighted by atomic mass is 10.2. The molecule has 1 N–H and O–H groups in total. The van der Waals surface area contributed by atoms with Gasteiger partial charge in [0.05, 0.1) is 6.04 Å². The summed E-state index contributed by atoms with van der Waals surface area (Å²) in [5.41, 5.74) is 1.13. The molecule has 2 aromatic rings. The molecule has 1 saturated heterocycles. The summed E-state index contributed by atoms with van der Waals surface area (Å²) in [4.78, 5) is 8.66. The van der Waals surface area contributed by atoms with Crippen molar-refractivity contribution in [3.8, 4) is 0 Å². The zero-order chi connectivity index (χ0) is 12.4. The van der Waals surface area contributed by atoms with E-state index in [1.807, 2.05) is 11.3 Å². The van der Waals surface area contributed by atoms with Crippen molar-refractivity contribution in [3.63, 3.8) is 0 Å². The highest BCUT2D eigenvalue weighted by Gasteiger charge is 2.26. The van der Waals surface area contributed by atoms with Crippen molar-refractivity contribution in [2.24, 2.45) is 0 Å². The summed E-state index contributed by atoms with van der Waals surface area (Å²) in [5.74, 6) is 0. The Bertz CT molecular complexity index is 486. The number of hydrogen-bond acceptors (Lipinski definition) is 5. The number of thiophene rings is 1. The highest BCUT2D eigenvalue weighted by molar-refractivity contribution is 7.11. The molecule has 0 saturated carbocycles. The van der Waals surface area contributed by atoms with Crippen LogP contribution in [-0.2, 0) is 0 Å². The van der Waals surface area contributed by atoms with Crippen LogP contribution in [0.25, 0.3) is 0 Å². The predicted octanol–water partition coefficient (Wildman–Crippen LogP) is 2.51. The zero-order valence-corrected chi connectivity index (χ0v) is 12.1. The molecule has 1 aliphatic rings. The number of aryl methyl sites for hydroxylation is 1. The van der Waals surface area contributed by atoms with E-state index in [2.05, 4.69) is 40.0 Å². The molecule has 0 aromatic carbocycles. The van der Waals surface area contributed by atoms with Gasteiger partial charge in [0.25, 0.3) is 0 Å². The lowest BCUT2D eigenvalue weighted by Gasteiger charge is -2.33. The normalized spacial score (nSPS) is 18.9. The van der Waals surface area contributed by atoms with Gasteiger partial charge in [-0.1, -0.05) is 6.07 Å². The Kier molecular flexibility index (Phi) is 3.75. The Morgan fingerprint density at radius 1 is 1.33 bits per heavy atom. The van der Waals surface area contributed by atoms with Crippen molar-refractivity contribution in [1.29, 1.82) is 0 Å². The van der Waals surface area contributed by atoms with Crippen LogP contribution in [-0.4, -0.2) is 36.1 Å². The molecule has 0 bridgehead atoms. The number of aromatic nitrogens is 1. The van der Waals surface area contributed by atoms with E-state index in [4.69, 9.17) is 4.98 Å². The van der Waals surface area contributed by atoms with Gasteiger partial charge >= 0.3 is 0 Å². The van der Waals surface area contributed by atoms with Crippen LogP contribution in [0, 0.1) is 6.92 Å². The smallest absolute Gasteiger partial charge is 0.115 e. The summed E-state index contributed by atoms with van der Waals surface area (Å²) in [6.07, 6.45) is 0.